The van der Waals surface area contributed by atoms with Crippen LogP contribution in [0.25, 0.3) is 0 Å². The Morgan fingerprint density at radius 2 is 1.81 bits per heavy atom. The van der Waals surface area contributed by atoms with Crippen LogP contribution < -0.4 is 5.32 Å². The molecule has 0 bridgehead atoms. The van der Waals surface area contributed by atoms with Gasteiger partial charge < -0.3 is 5.32 Å². The number of likely N-dealkylation sites (N-methyl/N-ethyl adjacent to an activating group) is 1. The summed E-state index contributed by atoms with van der Waals surface area (Å²) < 4.78 is 0. The molecule has 1 atom stereocenters. The molecule has 1 aromatic rings. The highest BCUT2D eigenvalue weighted by Crippen LogP contribution is 2.35. The third-order valence-electron chi connectivity index (χ3n) is 4.56. The lowest BCUT2D eigenvalue weighted by Crippen LogP contribution is -2.54. The van der Waals surface area contributed by atoms with Gasteiger partial charge in [-0.05, 0) is 64.0 Å². The molecule has 1 unspecified atom stereocenters. The van der Waals surface area contributed by atoms with E-state index in [1.165, 1.54) is 37.9 Å². The van der Waals surface area contributed by atoms with Crippen molar-refractivity contribution < 1.29 is 0 Å². The van der Waals surface area contributed by atoms with Crippen LogP contribution in [0, 0.1) is 0 Å². The Kier molecular flexibility index (Phi) is 5.96. The highest BCUT2D eigenvalue weighted by Gasteiger charge is 2.36. The Labute approximate surface area is 138 Å². The normalized spacial score (nSPS) is 18.7. The molecule has 21 heavy (non-hydrogen) atoms. The molecule has 0 radical (unpaired) electrons. The van der Waals surface area contributed by atoms with Crippen LogP contribution in [0.1, 0.15) is 51.6 Å². The maximum atomic E-state index is 6.22. The summed E-state index contributed by atoms with van der Waals surface area (Å²) in [4.78, 5) is 2.60. The maximum absolute atomic E-state index is 6.22. The van der Waals surface area contributed by atoms with Gasteiger partial charge in [-0.1, -0.05) is 42.6 Å². The average Bonchev–Trinajstić information content (AvgIpc) is 2.48. The van der Waals surface area contributed by atoms with Gasteiger partial charge in [-0.25, -0.2) is 0 Å². The smallest absolute Gasteiger partial charge is 0.0595 e. The van der Waals surface area contributed by atoms with Gasteiger partial charge in [-0.2, -0.15) is 0 Å². The molecule has 0 amide bonds. The molecule has 1 aromatic carbocycles. The minimum atomic E-state index is 0.0492. The Hall–Kier alpha value is -0.280. The van der Waals surface area contributed by atoms with Crippen molar-refractivity contribution in [2.45, 2.75) is 51.6 Å². The summed E-state index contributed by atoms with van der Waals surface area (Å²) in [6.07, 6.45) is 3.94. The molecule has 0 spiro atoms. The Morgan fingerprint density at radius 3 is 2.38 bits per heavy atom. The summed E-state index contributed by atoms with van der Waals surface area (Å²) in [7, 11) is 0. The number of rotatable bonds is 5. The average molecular weight is 329 g/mol. The van der Waals surface area contributed by atoms with Crippen LogP contribution in [0.2, 0.25) is 10.0 Å². The Bertz CT molecular complexity index is 468. The number of nitrogens with one attached hydrogen (secondary N) is 1. The first-order valence-electron chi connectivity index (χ1n) is 7.90. The summed E-state index contributed by atoms with van der Waals surface area (Å²) in [6, 6.07) is 6.24. The van der Waals surface area contributed by atoms with E-state index in [-0.39, 0.29) is 11.6 Å². The van der Waals surface area contributed by atoms with E-state index >= 15 is 0 Å². The third kappa shape index (κ3) is 3.92. The summed E-state index contributed by atoms with van der Waals surface area (Å²) in [5.41, 5.74) is 1.26. The maximum Gasteiger partial charge on any atom is 0.0595 e. The van der Waals surface area contributed by atoms with Gasteiger partial charge in [0.25, 0.3) is 0 Å². The summed E-state index contributed by atoms with van der Waals surface area (Å²) in [5.74, 6) is 0. The van der Waals surface area contributed by atoms with E-state index in [1.54, 1.807) is 0 Å². The predicted octanol–water partition coefficient (Wildman–Crippen LogP) is 4.91. The van der Waals surface area contributed by atoms with E-state index in [0.717, 1.165) is 6.54 Å². The van der Waals surface area contributed by atoms with Crippen LogP contribution in [0.5, 0.6) is 0 Å². The first kappa shape index (κ1) is 17.1. The molecule has 0 saturated carbocycles. The molecule has 1 aliphatic rings. The summed E-state index contributed by atoms with van der Waals surface area (Å²) >= 11 is 12.3. The topological polar surface area (TPSA) is 15.3 Å². The predicted molar refractivity (Wildman–Crippen MR) is 92.4 cm³/mol. The first-order valence-corrected chi connectivity index (χ1v) is 8.65. The van der Waals surface area contributed by atoms with Gasteiger partial charge in [-0.3, -0.25) is 4.90 Å². The third-order valence-corrected chi connectivity index (χ3v) is 5.30. The zero-order valence-electron chi connectivity index (χ0n) is 13.3. The molecule has 1 fully saturated rings. The second kappa shape index (κ2) is 7.32. The number of nitrogens with zero attached hydrogens (tertiary/aromatic N) is 1. The second-order valence-corrected chi connectivity index (χ2v) is 7.18. The molecule has 0 aliphatic carbocycles. The molecular formula is C17H26Cl2N2. The minimum Gasteiger partial charge on any atom is -0.309 e. The summed E-state index contributed by atoms with van der Waals surface area (Å²) in [6.45, 7) is 10.1. The number of hydrogen-bond donors (Lipinski definition) is 1. The molecular weight excluding hydrogens is 303 g/mol. The van der Waals surface area contributed by atoms with E-state index in [0.29, 0.717) is 10.0 Å². The van der Waals surface area contributed by atoms with E-state index in [1.807, 2.05) is 12.1 Å². The summed E-state index contributed by atoms with van der Waals surface area (Å²) in [5, 5.41) is 4.89. The van der Waals surface area contributed by atoms with Crippen molar-refractivity contribution in [1.29, 1.82) is 0 Å². The van der Waals surface area contributed by atoms with Gasteiger partial charge in [-0.15, -0.1) is 0 Å². The van der Waals surface area contributed by atoms with Crippen molar-refractivity contribution in [2.24, 2.45) is 0 Å². The fraction of sp³-hybridized carbons (Fsp3) is 0.647. The van der Waals surface area contributed by atoms with Gasteiger partial charge in [0.1, 0.15) is 0 Å². The molecule has 1 heterocycles. The quantitative estimate of drug-likeness (QED) is 0.826. The highest BCUT2D eigenvalue weighted by atomic mass is 35.5. The van der Waals surface area contributed by atoms with Crippen molar-refractivity contribution in [3.8, 4) is 0 Å². The van der Waals surface area contributed by atoms with E-state index < -0.39 is 0 Å². The van der Waals surface area contributed by atoms with E-state index in [9.17, 15) is 0 Å². The van der Waals surface area contributed by atoms with Crippen molar-refractivity contribution in [2.75, 3.05) is 19.6 Å². The fourth-order valence-electron chi connectivity index (χ4n) is 3.32. The standard InChI is InChI=1S/C17H26Cl2N2/c1-4-20-16(13-8-9-14(18)15(19)12-13)17(2,3)21-10-6-5-7-11-21/h8-9,12,16,20H,4-7,10-11H2,1-3H3. The second-order valence-electron chi connectivity index (χ2n) is 6.37. The first-order chi connectivity index (χ1) is 9.96. The van der Waals surface area contributed by atoms with Crippen molar-refractivity contribution in [1.82, 2.24) is 10.2 Å². The minimum absolute atomic E-state index is 0.0492. The number of piperidine rings is 1. The lowest BCUT2D eigenvalue weighted by molar-refractivity contribution is 0.0613. The SMILES string of the molecule is CCNC(c1ccc(Cl)c(Cl)c1)C(C)(C)N1CCCCC1. The fourth-order valence-corrected chi connectivity index (χ4v) is 3.63. The van der Waals surface area contributed by atoms with Crippen LogP contribution in [-0.2, 0) is 0 Å². The largest absolute Gasteiger partial charge is 0.309 e. The van der Waals surface area contributed by atoms with Crippen LogP contribution in [0.3, 0.4) is 0 Å². The molecule has 4 heteroatoms. The van der Waals surface area contributed by atoms with Crippen molar-refractivity contribution >= 4 is 23.2 Å². The monoisotopic (exact) mass is 328 g/mol. The van der Waals surface area contributed by atoms with Crippen LogP contribution >= 0.6 is 23.2 Å². The van der Waals surface area contributed by atoms with Crippen LogP contribution in [0.4, 0.5) is 0 Å². The lowest BCUT2D eigenvalue weighted by atomic mass is 9.85. The van der Waals surface area contributed by atoms with Gasteiger partial charge in [0.15, 0.2) is 0 Å². The molecule has 118 valence electrons. The van der Waals surface area contributed by atoms with Crippen LogP contribution in [-0.4, -0.2) is 30.1 Å². The molecule has 0 aromatic heterocycles. The molecule has 1 saturated heterocycles. The van der Waals surface area contributed by atoms with Crippen LogP contribution in [0.15, 0.2) is 18.2 Å². The van der Waals surface area contributed by atoms with Gasteiger partial charge in [0, 0.05) is 5.54 Å². The van der Waals surface area contributed by atoms with Gasteiger partial charge >= 0.3 is 0 Å². The van der Waals surface area contributed by atoms with Gasteiger partial charge in [0.05, 0.1) is 16.1 Å². The number of likely N-dealkylation sites (tertiary alicyclic amines) is 1. The molecule has 1 aliphatic heterocycles. The highest BCUT2D eigenvalue weighted by molar-refractivity contribution is 6.42. The van der Waals surface area contributed by atoms with Crippen molar-refractivity contribution in [3.05, 3.63) is 33.8 Å². The number of hydrogen-bond acceptors (Lipinski definition) is 2. The van der Waals surface area contributed by atoms with E-state index in [2.05, 4.69) is 37.1 Å². The number of benzene rings is 1. The Balaban J connectivity index is 2.29. The zero-order valence-corrected chi connectivity index (χ0v) is 14.8. The van der Waals surface area contributed by atoms with Gasteiger partial charge in [0.2, 0.25) is 0 Å². The molecule has 2 rings (SSSR count). The molecule has 2 nitrogen and oxygen atoms in total. The number of halogens is 2. The molecule has 1 N–H and O–H groups in total. The zero-order chi connectivity index (χ0) is 15.5. The Morgan fingerprint density at radius 1 is 1.14 bits per heavy atom. The van der Waals surface area contributed by atoms with E-state index in [4.69, 9.17) is 23.2 Å². The lowest BCUT2D eigenvalue weighted by Gasteiger charge is -2.46. The van der Waals surface area contributed by atoms with Crippen molar-refractivity contribution in [3.63, 3.8) is 0 Å².